The van der Waals surface area contributed by atoms with E-state index in [1.54, 1.807) is 37.4 Å². The van der Waals surface area contributed by atoms with E-state index in [0.29, 0.717) is 28.5 Å². The van der Waals surface area contributed by atoms with Crippen molar-refractivity contribution in [2.75, 3.05) is 10.6 Å². The van der Waals surface area contributed by atoms with Gasteiger partial charge in [-0.2, -0.15) is 4.68 Å². The van der Waals surface area contributed by atoms with E-state index in [1.165, 1.54) is 23.0 Å². The molecule has 1 aromatic carbocycles. The van der Waals surface area contributed by atoms with Gasteiger partial charge in [-0.15, -0.1) is 0 Å². The van der Waals surface area contributed by atoms with Crippen LogP contribution in [0.4, 0.5) is 17.3 Å². The van der Waals surface area contributed by atoms with E-state index in [0.717, 1.165) is 0 Å². The van der Waals surface area contributed by atoms with Crippen LogP contribution in [0.1, 0.15) is 18.5 Å². The number of nitro groups is 1. The molecule has 0 aliphatic carbocycles. The Balaban J connectivity index is 1.80. The van der Waals surface area contributed by atoms with Crippen molar-refractivity contribution in [2.24, 2.45) is 0 Å². The van der Waals surface area contributed by atoms with Gasteiger partial charge in [0, 0.05) is 24.0 Å². The third-order valence-electron chi connectivity index (χ3n) is 4.27. The summed E-state index contributed by atoms with van der Waals surface area (Å²) >= 11 is 0. The summed E-state index contributed by atoms with van der Waals surface area (Å²) in [6.07, 6.45) is 3.12. The predicted octanol–water partition coefficient (Wildman–Crippen LogP) is 1.90. The number of fused-ring (bicyclic) bond motifs is 1. The van der Waals surface area contributed by atoms with Gasteiger partial charge in [-0.05, 0) is 35.0 Å². The van der Waals surface area contributed by atoms with E-state index in [2.05, 4.69) is 31.1 Å². The fourth-order valence-corrected chi connectivity index (χ4v) is 3.06. The first kappa shape index (κ1) is 17.3. The fourth-order valence-electron chi connectivity index (χ4n) is 3.06. The summed E-state index contributed by atoms with van der Waals surface area (Å²) in [4.78, 5) is 27.7. The highest BCUT2D eigenvalue weighted by atomic mass is 16.6. The summed E-state index contributed by atoms with van der Waals surface area (Å²) in [6.45, 7) is 1.72. The number of anilines is 2. The summed E-state index contributed by atoms with van der Waals surface area (Å²) in [5.41, 5.74) is 1.83. The Morgan fingerprint density at radius 3 is 2.93 bits per heavy atom. The standard InChI is InChI=1S/C17H14N8O3/c1-10-14(16(26)20-12-5-3-7-18-9-12)15(24-17(19-10)21-22-23-24)11-4-2-6-13(8-11)25(27)28/h2-9,15H,1H3,(H,20,26)(H,19,21,23). The van der Waals surface area contributed by atoms with Gasteiger partial charge in [0.15, 0.2) is 0 Å². The average molecular weight is 378 g/mol. The first-order chi connectivity index (χ1) is 13.5. The number of amides is 1. The number of carbonyl (C=O) groups excluding carboxylic acids is 1. The third kappa shape index (κ3) is 3.05. The number of pyridine rings is 1. The van der Waals surface area contributed by atoms with Crippen LogP contribution >= 0.6 is 0 Å². The molecule has 140 valence electrons. The third-order valence-corrected chi connectivity index (χ3v) is 4.27. The molecule has 3 heterocycles. The molecular formula is C17H14N8O3. The maximum absolute atomic E-state index is 13.1. The first-order valence-electron chi connectivity index (χ1n) is 8.26. The van der Waals surface area contributed by atoms with Crippen LogP contribution in [-0.4, -0.2) is 36.0 Å². The topological polar surface area (TPSA) is 141 Å². The van der Waals surface area contributed by atoms with Crippen LogP contribution in [0.25, 0.3) is 0 Å². The van der Waals surface area contributed by atoms with E-state index in [4.69, 9.17) is 0 Å². The number of nitrogens with one attached hydrogen (secondary N) is 2. The molecule has 28 heavy (non-hydrogen) atoms. The SMILES string of the molecule is CC1=C(C(=O)Nc2cccnc2)C(c2cccc([N+](=O)[O-])c2)n2nnnc2N1. The van der Waals surface area contributed by atoms with Crippen LogP contribution in [0.3, 0.4) is 0 Å². The molecule has 2 N–H and O–H groups in total. The number of aromatic nitrogens is 5. The lowest BCUT2D eigenvalue weighted by atomic mass is 9.94. The zero-order valence-corrected chi connectivity index (χ0v) is 14.6. The fraction of sp³-hybridized carbons (Fsp3) is 0.118. The Bertz CT molecular complexity index is 1090. The Morgan fingerprint density at radius 1 is 1.32 bits per heavy atom. The Morgan fingerprint density at radius 2 is 2.18 bits per heavy atom. The summed E-state index contributed by atoms with van der Waals surface area (Å²) in [5.74, 6) is -0.0532. The number of allylic oxidation sites excluding steroid dienone is 1. The quantitative estimate of drug-likeness (QED) is 0.518. The molecule has 0 bridgehead atoms. The van der Waals surface area contributed by atoms with Gasteiger partial charge in [0.2, 0.25) is 5.95 Å². The number of benzene rings is 1. The van der Waals surface area contributed by atoms with Crippen LogP contribution in [0.15, 0.2) is 60.1 Å². The van der Waals surface area contributed by atoms with Crippen LogP contribution in [0.2, 0.25) is 0 Å². The molecular weight excluding hydrogens is 364 g/mol. The van der Waals surface area contributed by atoms with Crippen molar-refractivity contribution >= 4 is 23.2 Å². The van der Waals surface area contributed by atoms with E-state index >= 15 is 0 Å². The molecule has 1 aliphatic heterocycles. The van der Waals surface area contributed by atoms with Crippen molar-refractivity contribution < 1.29 is 9.72 Å². The van der Waals surface area contributed by atoms with Gasteiger partial charge < -0.3 is 10.6 Å². The molecule has 0 radical (unpaired) electrons. The molecule has 1 aliphatic rings. The van der Waals surface area contributed by atoms with Crippen molar-refractivity contribution in [3.8, 4) is 0 Å². The number of hydrogen-bond acceptors (Lipinski definition) is 8. The lowest BCUT2D eigenvalue weighted by Crippen LogP contribution is -2.31. The van der Waals surface area contributed by atoms with Gasteiger partial charge in [-0.25, -0.2) is 0 Å². The van der Waals surface area contributed by atoms with E-state index < -0.39 is 16.9 Å². The molecule has 4 rings (SSSR count). The predicted molar refractivity (Wildman–Crippen MR) is 98.2 cm³/mol. The number of rotatable bonds is 4. The summed E-state index contributed by atoms with van der Waals surface area (Å²) < 4.78 is 1.42. The van der Waals surface area contributed by atoms with Gasteiger partial charge in [0.25, 0.3) is 11.6 Å². The zero-order valence-electron chi connectivity index (χ0n) is 14.6. The largest absolute Gasteiger partial charge is 0.326 e. The molecule has 2 aromatic heterocycles. The van der Waals surface area contributed by atoms with Gasteiger partial charge in [-0.3, -0.25) is 19.9 Å². The second-order valence-electron chi connectivity index (χ2n) is 6.06. The van der Waals surface area contributed by atoms with Crippen molar-refractivity contribution in [1.29, 1.82) is 0 Å². The minimum Gasteiger partial charge on any atom is -0.326 e. The normalized spacial score (nSPS) is 15.5. The second kappa shape index (κ2) is 6.87. The van der Waals surface area contributed by atoms with Gasteiger partial charge in [0.1, 0.15) is 6.04 Å². The van der Waals surface area contributed by atoms with Gasteiger partial charge >= 0.3 is 0 Å². The summed E-state index contributed by atoms with van der Waals surface area (Å²) in [5, 5.41) is 28.5. The molecule has 11 nitrogen and oxygen atoms in total. The van der Waals surface area contributed by atoms with Crippen molar-refractivity contribution in [2.45, 2.75) is 13.0 Å². The highest BCUT2D eigenvalue weighted by Crippen LogP contribution is 2.35. The highest BCUT2D eigenvalue weighted by Gasteiger charge is 2.34. The molecule has 11 heteroatoms. The van der Waals surface area contributed by atoms with Crippen molar-refractivity contribution in [3.05, 3.63) is 75.7 Å². The minimum atomic E-state index is -0.733. The van der Waals surface area contributed by atoms with Crippen LogP contribution < -0.4 is 10.6 Å². The molecule has 0 saturated carbocycles. The lowest BCUT2D eigenvalue weighted by molar-refractivity contribution is -0.384. The maximum Gasteiger partial charge on any atom is 0.269 e. The molecule has 1 amide bonds. The monoisotopic (exact) mass is 378 g/mol. The molecule has 0 fully saturated rings. The molecule has 1 atom stereocenters. The average Bonchev–Trinajstić information content (AvgIpc) is 3.15. The minimum absolute atomic E-state index is 0.0877. The highest BCUT2D eigenvalue weighted by molar-refractivity contribution is 6.05. The number of non-ortho nitro benzene ring substituents is 1. The summed E-state index contributed by atoms with van der Waals surface area (Å²) in [7, 11) is 0. The van der Waals surface area contributed by atoms with Crippen LogP contribution in [0.5, 0.6) is 0 Å². The van der Waals surface area contributed by atoms with Crippen LogP contribution in [0, 0.1) is 10.1 Å². The maximum atomic E-state index is 13.1. The van der Waals surface area contributed by atoms with Gasteiger partial charge in [0.05, 0.1) is 22.4 Å². The zero-order chi connectivity index (χ0) is 19.7. The molecule has 1 unspecified atom stereocenters. The lowest BCUT2D eigenvalue weighted by Gasteiger charge is -2.27. The van der Waals surface area contributed by atoms with Crippen molar-refractivity contribution in [1.82, 2.24) is 25.2 Å². The molecule has 0 saturated heterocycles. The Kier molecular flexibility index (Phi) is 4.24. The van der Waals surface area contributed by atoms with E-state index in [1.807, 2.05) is 0 Å². The second-order valence-corrected chi connectivity index (χ2v) is 6.06. The van der Waals surface area contributed by atoms with Crippen LogP contribution in [-0.2, 0) is 4.79 Å². The smallest absolute Gasteiger partial charge is 0.269 e. The van der Waals surface area contributed by atoms with Gasteiger partial charge in [-0.1, -0.05) is 17.2 Å². The van der Waals surface area contributed by atoms with E-state index in [-0.39, 0.29) is 5.69 Å². The number of nitrogens with zero attached hydrogens (tertiary/aromatic N) is 6. The Hall–Kier alpha value is -4.15. The number of nitro benzene ring substituents is 1. The first-order valence-corrected chi connectivity index (χ1v) is 8.26. The van der Waals surface area contributed by atoms with E-state index in [9.17, 15) is 14.9 Å². The van der Waals surface area contributed by atoms with Crippen molar-refractivity contribution in [3.63, 3.8) is 0 Å². The molecule has 0 spiro atoms. The molecule has 3 aromatic rings. The number of tetrazole rings is 1. The summed E-state index contributed by atoms with van der Waals surface area (Å²) in [6, 6.07) is 8.73. The number of hydrogen-bond donors (Lipinski definition) is 2. The Labute approximate surface area is 158 Å². The number of carbonyl (C=O) groups is 1.